The molecule has 0 atom stereocenters. The van der Waals surface area contributed by atoms with Crippen LogP contribution in [0.1, 0.15) is 25.3 Å². The van der Waals surface area contributed by atoms with Crippen molar-refractivity contribution in [2.75, 3.05) is 33.2 Å². The molecule has 1 aromatic carbocycles. The molecule has 1 heterocycles. The standard InChI is InChI=1S/C14H21N3O4S/c1-11(2)13-5-4-12(17(18)19)10-14(13)22(20,21)16-8-6-15(3)7-9-16/h4-5,10-11H,6-9H2,1-3H3/p+1. The lowest BCUT2D eigenvalue weighted by molar-refractivity contribution is -0.883. The van der Waals surface area contributed by atoms with Crippen LogP contribution in [0.2, 0.25) is 0 Å². The first kappa shape index (κ1) is 16.9. The van der Waals surface area contributed by atoms with Gasteiger partial charge in [-0.2, -0.15) is 4.31 Å². The highest BCUT2D eigenvalue weighted by atomic mass is 32.2. The summed E-state index contributed by atoms with van der Waals surface area (Å²) in [5.41, 5.74) is 0.430. The fraction of sp³-hybridized carbons (Fsp3) is 0.571. The molecule has 0 aliphatic carbocycles. The zero-order valence-electron chi connectivity index (χ0n) is 13.1. The average Bonchev–Trinajstić information content (AvgIpc) is 2.46. The van der Waals surface area contributed by atoms with Crippen LogP contribution in [0, 0.1) is 10.1 Å². The largest absolute Gasteiger partial charge is 0.335 e. The zero-order chi connectivity index (χ0) is 16.5. The molecule has 0 aromatic heterocycles. The summed E-state index contributed by atoms with van der Waals surface area (Å²) in [4.78, 5) is 11.8. The van der Waals surface area contributed by atoms with Crippen LogP contribution in [0.15, 0.2) is 23.1 Å². The van der Waals surface area contributed by atoms with Crippen LogP contribution in [0.3, 0.4) is 0 Å². The molecule has 2 rings (SSSR count). The maximum absolute atomic E-state index is 12.9. The van der Waals surface area contributed by atoms with Gasteiger partial charge in [-0.1, -0.05) is 19.9 Å². The van der Waals surface area contributed by atoms with E-state index in [9.17, 15) is 18.5 Å². The Morgan fingerprint density at radius 3 is 2.36 bits per heavy atom. The number of rotatable bonds is 4. The van der Waals surface area contributed by atoms with Gasteiger partial charge in [-0.25, -0.2) is 8.42 Å². The molecule has 1 saturated heterocycles. The summed E-state index contributed by atoms with van der Waals surface area (Å²) in [7, 11) is -1.68. The topological polar surface area (TPSA) is 85.0 Å². The first-order chi connectivity index (χ1) is 10.2. The average molecular weight is 328 g/mol. The van der Waals surface area contributed by atoms with E-state index in [2.05, 4.69) is 0 Å². The SMILES string of the molecule is CC(C)c1ccc([N+](=O)[O-])cc1S(=O)(=O)N1CC[NH+](C)CC1. The first-order valence-electron chi connectivity index (χ1n) is 7.33. The zero-order valence-corrected chi connectivity index (χ0v) is 13.9. The van der Waals surface area contributed by atoms with E-state index in [-0.39, 0.29) is 16.5 Å². The Labute approximate surface area is 130 Å². The van der Waals surface area contributed by atoms with Crippen LogP contribution in [0.25, 0.3) is 0 Å². The normalized spacial score (nSPS) is 17.8. The highest BCUT2D eigenvalue weighted by Crippen LogP contribution is 2.30. The van der Waals surface area contributed by atoms with Gasteiger partial charge in [-0.05, 0) is 11.5 Å². The molecule has 0 spiro atoms. The third kappa shape index (κ3) is 3.29. The van der Waals surface area contributed by atoms with Crippen LogP contribution in [-0.4, -0.2) is 50.9 Å². The summed E-state index contributed by atoms with van der Waals surface area (Å²) >= 11 is 0. The number of piperazine rings is 1. The highest BCUT2D eigenvalue weighted by molar-refractivity contribution is 7.89. The molecule has 0 amide bonds. The molecule has 0 unspecified atom stereocenters. The summed E-state index contributed by atoms with van der Waals surface area (Å²) in [6, 6.07) is 4.11. The molecule has 7 nitrogen and oxygen atoms in total. The molecule has 0 bridgehead atoms. The minimum absolute atomic E-state index is 0.0244. The summed E-state index contributed by atoms with van der Waals surface area (Å²) in [6.07, 6.45) is 0. The molecule has 122 valence electrons. The summed E-state index contributed by atoms with van der Waals surface area (Å²) in [5.74, 6) is -0.0244. The molecule has 0 radical (unpaired) electrons. The Morgan fingerprint density at radius 2 is 1.86 bits per heavy atom. The number of nitro benzene ring substituents is 1. The summed E-state index contributed by atoms with van der Waals surface area (Å²) in [5, 5.41) is 11.0. The number of hydrogen-bond donors (Lipinski definition) is 1. The van der Waals surface area contributed by atoms with Gasteiger partial charge in [0.15, 0.2) is 0 Å². The Balaban J connectivity index is 2.48. The number of hydrogen-bond acceptors (Lipinski definition) is 4. The van der Waals surface area contributed by atoms with E-state index in [1.54, 1.807) is 6.07 Å². The van der Waals surface area contributed by atoms with Gasteiger partial charge in [0, 0.05) is 12.1 Å². The number of benzene rings is 1. The number of nitrogens with zero attached hydrogens (tertiary/aromatic N) is 2. The molecule has 0 saturated carbocycles. The quantitative estimate of drug-likeness (QED) is 0.634. The van der Waals surface area contributed by atoms with Crippen LogP contribution < -0.4 is 4.90 Å². The van der Waals surface area contributed by atoms with Gasteiger partial charge in [0.05, 0.1) is 43.0 Å². The number of quaternary nitrogens is 1. The van der Waals surface area contributed by atoms with E-state index >= 15 is 0 Å². The van der Waals surface area contributed by atoms with Gasteiger partial charge < -0.3 is 4.90 Å². The predicted octanol–water partition coefficient (Wildman–Crippen LogP) is 0.237. The minimum Gasteiger partial charge on any atom is -0.335 e. The van der Waals surface area contributed by atoms with E-state index in [0.717, 1.165) is 13.1 Å². The lowest BCUT2D eigenvalue weighted by atomic mass is 10.0. The Hall–Kier alpha value is -1.51. The third-order valence-electron chi connectivity index (χ3n) is 4.02. The van der Waals surface area contributed by atoms with Crippen molar-refractivity contribution in [2.24, 2.45) is 0 Å². The molecule has 1 aliphatic rings. The fourth-order valence-corrected chi connectivity index (χ4v) is 4.40. The molecule has 1 aromatic rings. The van der Waals surface area contributed by atoms with E-state index in [1.807, 2.05) is 20.9 Å². The number of likely N-dealkylation sites (N-methyl/N-ethyl adjacent to an activating group) is 1. The van der Waals surface area contributed by atoms with Gasteiger partial charge in [-0.3, -0.25) is 10.1 Å². The van der Waals surface area contributed by atoms with Gasteiger partial charge in [0.1, 0.15) is 0 Å². The van der Waals surface area contributed by atoms with Crippen molar-refractivity contribution in [1.82, 2.24) is 4.31 Å². The first-order valence-corrected chi connectivity index (χ1v) is 8.77. The molecule has 22 heavy (non-hydrogen) atoms. The molecule has 1 N–H and O–H groups in total. The molecule has 8 heteroatoms. The van der Waals surface area contributed by atoms with E-state index in [1.165, 1.54) is 21.3 Å². The summed E-state index contributed by atoms with van der Waals surface area (Å²) in [6.45, 7) is 6.13. The molecule has 1 fully saturated rings. The maximum atomic E-state index is 12.9. The Morgan fingerprint density at radius 1 is 1.27 bits per heavy atom. The summed E-state index contributed by atoms with van der Waals surface area (Å²) < 4.78 is 27.2. The smallest absolute Gasteiger partial charge is 0.270 e. The van der Waals surface area contributed by atoms with Gasteiger partial charge in [-0.15, -0.1) is 0 Å². The van der Waals surface area contributed by atoms with Crippen molar-refractivity contribution >= 4 is 15.7 Å². The predicted molar refractivity (Wildman–Crippen MR) is 82.6 cm³/mol. The monoisotopic (exact) mass is 328 g/mol. The van der Waals surface area contributed by atoms with Gasteiger partial charge >= 0.3 is 0 Å². The van der Waals surface area contributed by atoms with Crippen molar-refractivity contribution in [2.45, 2.75) is 24.7 Å². The van der Waals surface area contributed by atoms with Crippen LogP contribution in [-0.2, 0) is 10.0 Å². The second-order valence-electron chi connectivity index (χ2n) is 6.00. The number of nitro groups is 1. The van der Waals surface area contributed by atoms with E-state index < -0.39 is 14.9 Å². The third-order valence-corrected chi connectivity index (χ3v) is 5.98. The molecular formula is C14H22N3O4S+. The van der Waals surface area contributed by atoms with E-state index in [4.69, 9.17) is 0 Å². The minimum atomic E-state index is -3.70. The second kappa shape index (κ2) is 6.31. The number of sulfonamides is 1. The Bertz CT molecular complexity index is 665. The number of nitrogens with one attached hydrogen (secondary N) is 1. The van der Waals surface area contributed by atoms with E-state index in [0.29, 0.717) is 18.7 Å². The molecule has 1 aliphatic heterocycles. The Kier molecular flexibility index (Phi) is 4.84. The van der Waals surface area contributed by atoms with Crippen molar-refractivity contribution in [3.63, 3.8) is 0 Å². The van der Waals surface area contributed by atoms with Crippen LogP contribution >= 0.6 is 0 Å². The number of non-ortho nitro benzene ring substituents is 1. The van der Waals surface area contributed by atoms with Crippen molar-refractivity contribution in [3.05, 3.63) is 33.9 Å². The van der Waals surface area contributed by atoms with Crippen molar-refractivity contribution < 1.29 is 18.2 Å². The maximum Gasteiger partial charge on any atom is 0.270 e. The molecular weight excluding hydrogens is 306 g/mol. The lowest BCUT2D eigenvalue weighted by Crippen LogP contribution is -3.12. The van der Waals surface area contributed by atoms with Crippen molar-refractivity contribution in [1.29, 1.82) is 0 Å². The van der Waals surface area contributed by atoms with Gasteiger partial charge in [0.25, 0.3) is 5.69 Å². The fourth-order valence-electron chi connectivity index (χ4n) is 2.58. The van der Waals surface area contributed by atoms with Crippen LogP contribution in [0.4, 0.5) is 5.69 Å². The lowest BCUT2D eigenvalue weighted by Gasteiger charge is -2.30. The van der Waals surface area contributed by atoms with Crippen molar-refractivity contribution in [3.8, 4) is 0 Å². The van der Waals surface area contributed by atoms with Gasteiger partial charge in [0.2, 0.25) is 10.0 Å². The van der Waals surface area contributed by atoms with Crippen LogP contribution in [0.5, 0.6) is 0 Å². The second-order valence-corrected chi connectivity index (χ2v) is 7.90. The highest BCUT2D eigenvalue weighted by Gasteiger charge is 2.32.